The van der Waals surface area contributed by atoms with Gasteiger partial charge in [-0.25, -0.2) is 8.78 Å². The van der Waals surface area contributed by atoms with Crippen LogP contribution in [0.2, 0.25) is 0 Å². The number of carbonyl (C=O) groups excluding carboxylic acids is 1. The van der Waals surface area contributed by atoms with Gasteiger partial charge in [-0.05, 0) is 36.2 Å². The average molecular weight is 287 g/mol. The van der Waals surface area contributed by atoms with Gasteiger partial charge in [0.2, 0.25) is 0 Å². The minimum atomic E-state index is -0.842. The Balaban J connectivity index is 1.92. The number of anilines is 1. The number of carbonyl (C=O) groups is 1. The summed E-state index contributed by atoms with van der Waals surface area (Å²) in [4.78, 5) is 14.1. The van der Waals surface area contributed by atoms with Gasteiger partial charge in [-0.15, -0.1) is 0 Å². The molecule has 0 bridgehead atoms. The van der Waals surface area contributed by atoms with Gasteiger partial charge in [-0.1, -0.05) is 18.2 Å². The van der Waals surface area contributed by atoms with E-state index in [0.29, 0.717) is 24.1 Å². The maximum atomic E-state index is 13.3. The Kier molecular flexibility index (Phi) is 3.69. The van der Waals surface area contributed by atoms with E-state index < -0.39 is 11.6 Å². The van der Waals surface area contributed by atoms with Crippen LogP contribution >= 0.6 is 0 Å². The first-order valence-electron chi connectivity index (χ1n) is 6.96. The summed E-state index contributed by atoms with van der Waals surface area (Å²) in [6, 6.07) is 11.4. The fourth-order valence-corrected chi connectivity index (χ4v) is 2.69. The van der Waals surface area contributed by atoms with Gasteiger partial charge in [0.15, 0.2) is 17.4 Å². The van der Waals surface area contributed by atoms with Crippen molar-refractivity contribution in [2.45, 2.75) is 19.4 Å². The molecule has 0 fully saturated rings. The van der Waals surface area contributed by atoms with E-state index in [1.807, 2.05) is 29.2 Å². The molecule has 2 nitrogen and oxygen atoms in total. The molecule has 0 saturated carbocycles. The number of para-hydroxylation sites is 1. The molecule has 4 heteroatoms. The molecule has 0 radical (unpaired) electrons. The molecule has 3 rings (SSSR count). The Morgan fingerprint density at radius 3 is 2.67 bits per heavy atom. The molecule has 2 aromatic carbocycles. The van der Waals surface area contributed by atoms with Crippen molar-refractivity contribution in [3.63, 3.8) is 0 Å². The minimum Gasteiger partial charge on any atom is -0.367 e. The lowest BCUT2D eigenvalue weighted by Crippen LogP contribution is -2.23. The summed E-state index contributed by atoms with van der Waals surface area (Å²) in [5, 5.41) is 0. The topological polar surface area (TPSA) is 20.3 Å². The largest absolute Gasteiger partial charge is 0.367 e. The Labute approximate surface area is 122 Å². The Hall–Kier alpha value is -2.23. The van der Waals surface area contributed by atoms with Crippen molar-refractivity contribution in [1.29, 1.82) is 0 Å². The summed E-state index contributed by atoms with van der Waals surface area (Å²) >= 11 is 0. The van der Waals surface area contributed by atoms with Crippen molar-refractivity contribution < 1.29 is 13.6 Å². The molecule has 21 heavy (non-hydrogen) atoms. The van der Waals surface area contributed by atoms with Crippen molar-refractivity contribution in [3.8, 4) is 0 Å². The van der Waals surface area contributed by atoms with Crippen LogP contribution in [0.25, 0.3) is 0 Å². The van der Waals surface area contributed by atoms with Crippen molar-refractivity contribution >= 4 is 11.5 Å². The Morgan fingerprint density at radius 1 is 1.05 bits per heavy atom. The molecule has 0 amide bonds. The third kappa shape index (κ3) is 2.79. The first-order chi connectivity index (χ1) is 10.1. The van der Waals surface area contributed by atoms with Gasteiger partial charge in [0.1, 0.15) is 0 Å². The molecule has 2 aromatic rings. The molecule has 0 aromatic heterocycles. The summed E-state index contributed by atoms with van der Waals surface area (Å²) < 4.78 is 26.3. The van der Waals surface area contributed by atoms with Crippen LogP contribution in [0.4, 0.5) is 14.5 Å². The number of Topliss-reactive ketones (excluding diaryl/α,β-unsaturated/α-hetero) is 1. The standard InChI is InChI=1S/C17H15F2NO/c18-14-8-7-12(10-15(14)19)11-20-9-3-6-17(21)13-4-1-2-5-16(13)20/h1-2,4-5,7-8,10H,3,6,9,11H2. The first kappa shape index (κ1) is 13.7. The highest BCUT2D eigenvalue weighted by Gasteiger charge is 2.20. The number of halogens is 2. The predicted molar refractivity (Wildman–Crippen MR) is 77.4 cm³/mol. The van der Waals surface area contributed by atoms with Crippen LogP contribution in [0.15, 0.2) is 42.5 Å². The lowest BCUT2D eigenvalue weighted by molar-refractivity contribution is 0.0984. The molecular weight excluding hydrogens is 272 g/mol. The van der Waals surface area contributed by atoms with Crippen molar-refractivity contribution in [2.24, 2.45) is 0 Å². The van der Waals surface area contributed by atoms with E-state index in [0.717, 1.165) is 24.7 Å². The van der Waals surface area contributed by atoms with Crippen LogP contribution < -0.4 is 4.90 Å². The normalized spacial score (nSPS) is 14.8. The van der Waals surface area contributed by atoms with E-state index >= 15 is 0 Å². The van der Waals surface area contributed by atoms with E-state index in [2.05, 4.69) is 0 Å². The van der Waals surface area contributed by atoms with E-state index in [-0.39, 0.29) is 5.78 Å². The number of hydrogen-bond acceptors (Lipinski definition) is 2. The summed E-state index contributed by atoms with van der Waals surface area (Å²) in [6.07, 6.45) is 1.28. The Morgan fingerprint density at radius 2 is 1.86 bits per heavy atom. The quantitative estimate of drug-likeness (QED) is 0.833. The summed E-state index contributed by atoms with van der Waals surface area (Å²) in [5.41, 5.74) is 2.26. The van der Waals surface area contributed by atoms with Gasteiger partial charge in [0, 0.05) is 30.8 Å². The highest BCUT2D eigenvalue weighted by atomic mass is 19.2. The maximum Gasteiger partial charge on any atom is 0.165 e. The van der Waals surface area contributed by atoms with Gasteiger partial charge in [0.25, 0.3) is 0 Å². The number of ketones is 1. The number of hydrogen-bond donors (Lipinski definition) is 0. The number of nitrogens with zero attached hydrogens (tertiary/aromatic N) is 1. The minimum absolute atomic E-state index is 0.137. The average Bonchev–Trinajstić information content (AvgIpc) is 2.64. The lowest BCUT2D eigenvalue weighted by Gasteiger charge is -2.24. The zero-order chi connectivity index (χ0) is 14.8. The third-order valence-electron chi connectivity index (χ3n) is 3.73. The summed E-state index contributed by atoms with van der Waals surface area (Å²) in [7, 11) is 0. The molecule has 0 atom stereocenters. The van der Waals surface area contributed by atoms with E-state index in [1.165, 1.54) is 6.07 Å². The molecular formula is C17H15F2NO. The molecule has 0 unspecified atom stereocenters. The fraction of sp³-hybridized carbons (Fsp3) is 0.235. The molecule has 1 aliphatic heterocycles. The Bertz CT molecular complexity index is 684. The fourth-order valence-electron chi connectivity index (χ4n) is 2.69. The maximum absolute atomic E-state index is 13.3. The summed E-state index contributed by atoms with van der Waals surface area (Å²) in [6.45, 7) is 1.18. The molecule has 108 valence electrons. The molecule has 0 N–H and O–H groups in total. The van der Waals surface area contributed by atoms with Crippen molar-refractivity contribution in [3.05, 3.63) is 65.2 Å². The lowest BCUT2D eigenvalue weighted by atomic mass is 10.1. The van der Waals surface area contributed by atoms with Gasteiger partial charge < -0.3 is 4.90 Å². The zero-order valence-electron chi connectivity index (χ0n) is 11.5. The molecule has 0 saturated heterocycles. The van der Waals surface area contributed by atoms with Crippen molar-refractivity contribution in [2.75, 3.05) is 11.4 Å². The second-order valence-electron chi connectivity index (χ2n) is 5.21. The van der Waals surface area contributed by atoms with Crippen LogP contribution in [0.5, 0.6) is 0 Å². The van der Waals surface area contributed by atoms with E-state index in [4.69, 9.17) is 0 Å². The number of benzene rings is 2. The van der Waals surface area contributed by atoms with Crippen molar-refractivity contribution in [1.82, 2.24) is 0 Å². The van der Waals surface area contributed by atoms with Crippen LogP contribution in [0.3, 0.4) is 0 Å². The highest BCUT2D eigenvalue weighted by molar-refractivity contribution is 6.01. The second-order valence-corrected chi connectivity index (χ2v) is 5.21. The van der Waals surface area contributed by atoms with E-state index in [1.54, 1.807) is 6.07 Å². The van der Waals surface area contributed by atoms with Gasteiger partial charge >= 0.3 is 0 Å². The first-order valence-corrected chi connectivity index (χ1v) is 6.96. The third-order valence-corrected chi connectivity index (χ3v) is 3.73. The number of rotatable bonds is 2. The number of fused-ring (bicyclic) bond motifs is 1. The molecule has 1 aliphatic rings. The van der Waals surface area contributed by atoms with Gasteiger partial charge in [-0.2, -0.15) is 0 Å². The SMILES string of the molecule is O=C1CCCN(Cc2ccc(F)c(F)c2)c2ccccc21. The predicted octanol–water partition coefficient (Wildman–Crippen LogP) is 3.95. The highest BCUT2D eigenvalue weighted by Crippen LogP contribution is 2.27. The molecule has 0 spiro atoms. The molecule has 0 aliphatic carbocycles. The van der Waals surface area contributed by atoms with E-state index in [9.17, 15) is 13.6 Å². The molecule has 1 heterocycles. The van der Waals surface area contributed by atoms with Gasteiger partial charge in [-0.3, -0.25) is 4.79 Å². The second kappa shape index (κ2) is 5.64. The van der Waals surface area contributed by atoms with Crippen LogP contribution in [-0.2, 0) is 6.54 Å². The zero-order valence-corrected chi connectivity index (χ0v) is 11.5. The monoisotopic (exact) mass is 287 g/mol. The van der Waals surface area contributed by atoms with Gasteiger partial charge in [0.05, 0.1) is 0 Å². The smallest absolute Gasteiger partial charge is 0.165 e. The van der Waals surface area contributed by atoms with Crippen LogP contribution in [0, 0.1) is 11.6 Å². The van der Waals surface area contributed by atoms with Crippen LogP contribution in [0.1, 0.15) is 28.8 Å². The van der Waals surface area contributed by atoms with Crippen LogP contribution in [-0.4, -0.2) is 12.3 Å². The summed E-state index contributed by atoms with van der Waals surface area (Å²) in [5.74, 6) is -1.55.